The third-order valence-electron chi connectivity index (χ3n) is 6.41. The highest BCUT2D eigenvalue weighted by molar-refractivity contribution is 7.88. The number of pyridine rings is 1. The van der Waals surface area contributed by atoms with Crippen LogP contribution in [0.1, 0.15) is 56.1 Å². The average Bonchev–Trinajstić information content (AvgIpc) is 3.10. The Kier molecular flexibility index (Phi) is 4.93. The topological polar surface area (TPSA) is 117 Å². The summed E-state index contributed by atoms with van der Waals surface area (Å²) in [5, 5.41) is 13.4. The van der Waals surface area contributed by atoms with Crippen molar-refractivity contribution in [2.45, 2.75) is 57.2 Å². The molecule has 12 heteroatoms. The van der Waals surface area contributed by atoms with Crippen LogP contribution in [0.4, 0.5) is 14.7 Å². The van der Waals surface area contributed by atoms with Gasteiger partial charge in [-0.3, -0.25) is 9.36 Å². The van der Waals surface area contributed by atoms with Crippen molar-refractivity contribution in [3.63, 3.8) is 0 Å². The first-order chi connectivity index (χ1) is 16.6. The van der Waals surface area contributed by atoms with E-state index in [0.717, 1.165) is 14.9 Å². The van der Waals surface area contributed by atoms with E-state index >= 15 is 0 Å². The minimum absolute atomic E-state index is 0.0178. The van der Waals surface area contributed by atoms with Gasteiger partial charge in [0.15, 0.2) is 0 Å². The molecule has 2 aromatic heterocycles. The fourth-order valence-electron chi connectivity index (χ4n) is 4.54. The van der Waals surface area contributed by atoms with Gasteiger partial charge in [0, 0.05) is 46.8 Å². The molecule has 0 spiro atoms. The van der Waals surface area contributed by atoms with E-state index < -0.39 is 51.8 Å². The summed E-state index contributed by atoms with van der Waals surface area (Å²) in [6.45, 7) is 1.68. The molecule has 0 aromatic carbocycles. The van der Waals surface area contributed by atoms with E-state index in [1.54, 1.807) is 6.92 Å². The highest BCUT2D eigenvalue weighted by Crippen LogP contribution is 2.37. The average molecular weight is 476 g/mol. The molecule has 4 rings (SSSR count). The van der Waals surface area contributed by atoms with Gasteiger partial charge in [-0.2, -0.15) is 4.98 Å². The molecular weight excluding hydrogens is 444 g/mol. The lowest BCUT2D eigenvalue weighted by Crippen LogP contribution is -2.42. The van der Waals surface area contributed by atoms with E-state index in [1.807, 2.05) is 0 Å². The second kappa shape index (κ2) is 8.64. The van der Waals surface area contributed by atoms with Gasteiger partial charge in [0.1, 0.15) is 7.02 Å². The molecule has 1 saturated heterocycles. The summed E-state index contributed by atoms with van der Waals surface area (Å²) in [5.74, 6) is -0.319. The SMILES string of the molecule is [2H]C(F)(F)c1cc2cnc(NC3CCN(S(=O)(=O)C([2H])([2H])[2H])CC3)nc2n([C@H]2CC[C@H](O)[C@H]2C)c1=O. The molecule has 1 aliphatic heterocycles. The summed E-state index contributed by atoms with van der Waals surface area (Å²) in [5.41, 5.74) is -1.98. The van der Waals surface area contributed by atoms with Crippen LogP contribution in [0.15, 0.2) is 17.1 Å². The van der Waals surface area contributed by atoms with Crippen molar-refractivity contribution < 1.29 is 27.8 Å². The van der Waals surface area contributed by atoms with Crippen LogP contribution in [0.3, 0.4) is 0 Å². The summed E-state index contributed by atoms with van der Waals surface area (Å²) in [6, 6.07) is 0.00206. The van der Waals surface area contributed by atoms with E-state index in [9.17, 15) is 27.1 Å². The van der Waals surface area contributed by atoms with Crippen LogP contribution in [0.2, 0.25) is 0 Å². The van der Waals surface area contributed by atoms with Gasteiger partial charge in [0.2, 0.25) is 16.0 Å². The van der Waals surface area contributed by atoms with Gasteiger partial charge < -0.3 is 10.4 Å². The van der Waals surface area contributed by atoms with Gasteiger partial charge in [-0.05, 0) is 31.7 Å². The number of halogens is 2. The molecule has 0 radical (unpaired) electrons. The number of sulfonamides is 1. The number of nitrogens with zero attached hydrogens (tertiary/aromatic N) is 4. The minimum atomic E-state index is -4.43. The van der Waals surface area contributed by atoms with Gasteiger partial charge in [-0.1, -0.05) is 6.92 Å². The normalized spacial score (nSPS) is 28.2. The molecule has 176 valence electrons. The van der Waals surface area contributed by atoms with E-state index in [1.165, 1.54) is 6.20 Å². The lowest BCUT2D eigenvalue weighted by atomic mass is 10.0. The molecular formula is C20H27F2N5O4S. The van der Waals surface area contributed by atoms with E-state index in [2.05, 4.69) is 15.3 Å². The van der Waals surface area contributed by atoms with Crippen LogP contribution in [0, 0.1) is 5.92 Å². The second-order valence-corrected chi connectivity index (χ2v) is 9.83. The monoisotopic (exact) mass is 475 g/mol. The zero-order chi connectivity index (χ0) is 26.6. The Morgan fingerprint density at radius 2 is 2.03 bits per heavy atom. The molecule has 2 N–H and O–H groups in total. The van der Waals surface area contributed by atoms with Crippen molar-refractivity contribution in [1.29, 1.82) is 0 Å². The van der Waals surface area contributed by atoms with Crippen molar-refractivity contribution in [2.24, 2.45) is 5.92 Å². The van der Waals surface area contributed by atoms with Crippen molar-refractivity contribution in [1.82, 2.24) is 18.8 Å². The van der Waals surface area contributed by atoms with Crippen molar-refractivity contribution >= 4 is 27.0 Å². The smallest absolute Gasteiger partial charge is 0.269 e. The molecule has 2 aliphatic rings. The number of hydrogen-bond acceptors (Lipinski definition) is 7. The highest BCUT2D eigenvalue weighted by atomic mass is 32.2. The molecule has 32 heavy (non-hydrogen) atoms. The molecule has 2 aromatic rings. The predicted octanol–water partition coefficient (Wildman–Crippen LogP) is 1.90. The summed E-state index contributed by atoms with van der Waals surface area (Å²) in [7, 11) is -4.43. The van der Waals surface area contributed by atoms with Crippen LogP contribution in [-0.2, 0) is 10.0 Å². The number of hydrogen-bond donors (Lipinski definition) is 2. The zero-order valence-electron chi connectivity index (χ0n) is 21.3. The van der Waals surface area contributed by atoms with Crippen LogP contribution in [0.5, 0.6) is 0 Å². The lowest BCUT2D eigenvalue weighted by molar-refractivity contribution is 0.127. The summed E-state index contributed by atoms with van der Waals surface area (Å²) in [4.78, 5) is 21.6. The Bertz CT molecular complexity index is 1310. The number of piperidine rings is 1. The zero-order valence-corrected chi connectivity index (χ0v) is 18.1. The Hall–Kier alpha value is -2.18. The van der Waals surface area contributed by atoms with Crippen molar-refractivity contribution in [3.05, 3.63) is 28.2 Å². The molecule has 0 amide bonds. The minimum Gasteiger partial charge on any atom is -0.393 e. The fourth-order valence-corrected chi connectivity index (χ4v) is 5.24. The third-order valence-corrected chi connectivity index (χ3v) is 7.45. The number of nitrogens with one attached hydrogen (secondary N) is 1. The summed E-state index contributed by atoms with van der Waals surface area (Å²) >= 11 is 0. The number of rotatable bonds is 5. The molecule has 0 bridgehead atoms. The Balaban J connectivity index is 1.65. The van der Waals surface area contributed by atoms with E-state index in [0.29, 0.717) is 12.8 Å². The first-order valence-electron chi connectivity index (χ1n) is 12.4. The van der Waals surface area contributed by atoms with Gasteiger partial charge >= 0.3 is 0 Å². The predicted molar refractivity (Wildman–Crippen MR) is 115 cm³/mol. The van der Waals surface area contributed by atoms with Gasteiger partial charge in [0.05, 0.1) is 17.9 Å². The largest absolute Gasteiger partial charge is 0.393 e. The van der Waals surface area contributed by atoms with Crippen LogP contribution < -0.4 is 10.9 Å². The Morgan fingerprint density at radius 3 is 2.62 bits per heavy atom. The van der Waals surface area contributed by atoms with Gasteiger partial charge in [-0.15, -0.1) is 0 Å². The molecule has 1 aliphatic carbocycles. The molecule has 0 unspecified atom stereocenters. The molecule has 3 atom stereocenters. The van der Waals surface area contributed by atoms with Crippen LogP contribution in [-0.4, -0.2) is 63.8 Å². The van der Waals surface area contributed by atoms with Crippen molar-refractivity contribution in [3.8, 4) is 0 Å². The summed E-state index contributed by atoms with van der Waals surface area (Å²) in [6.07, 6.45) is -5.42. The van der Waals surface area contributed by atoms with Crippen molar-refractivity contribution in [2.75, 3.05) is 24.6 Å². The maximum atomic E-state index is 13.9. The summed E-state index contributed by atoms with van der Waals surface area (Å²) < 4.78 is 83.0. The molecule has 9 nitrogen and oxygen atoms in total. The second-order valence-electron chi connectivity index (χ2n) is 8.36. The number of aromatic nitrogens is 3. The number of aliphatic hydroxyl groups is 1. The first kappa shape index (κ1) is 18.3. The van der Waals surface area contributed by atoms with Crippen LogP contribution >= 0.6 is 0 Å². The quantitative estimate of drug-likeness (QED) is 0.678. The highest BCUT2D eigenvalue weighted by Gasteiger charge is 2.35. The maximum absolute atomic E-state index is 13.9. The standard InChI is InChI=1S/C20H27F2N5O4S/c1-11-15(3-4-16(11)28)27-18-12(9-14(17(21)22)19(27)29)10-23-20(25-18)24-13-5-7-26(8-6-13)32(2,30)31/h9-11,13,15-17,28H,3-8H2,1-2H3,(H,23,24,25)/t11-,15-,16-/m0/s1/i2D3,17D. The fraction of sp³-hybridized carbons (Fsp3) is 0.650. The number of aliphatic hydroxyl groups excluding tert-OH is 1. The van der Waals surface area contributed by atoms with Gasteiger partial charge in [0.25, 0.3) is 12.0 Å². The van der Waals surface area contributed by atoms with Gasteiger partial charge in [-0.25, -0.2) is 26.5 Å². The van der Waals surface area contributed by atoms with E-state index in [-0.39, 0.29) is 49.0 Å². The lowest BCUT2D eigenvalue weighted by Gasteiger charge is -2.30. The molecule has 3 heterocycles. The van der Waals surface area contributed by atoms with Crippen LogP contribution in [0.25, 0.3) is 11.0 Å². The number of alkyl halides is 2. The first-order valence-corrected chi connectivity index (χ1v) is 11.8. The Labute approximate surface area is 190 Å². The maximum Gasteiger partial charge on any atom is 0.269 e. The molecule has 2 fully saturated rings. The third kappa shape index (κ3) is 4.35. The Morgan fingerprint density at radius 1 is 1.31 bits per heavy atom. The van der Waals surface area contributed by atoms with E-state index in [4.69, 9.17) is 5.48 Å². The number of anilines is 1. The number of fused-ring (bicyclic) bond motifs is 1. The molecule has 1 saturated carbocycles.